The number of fused-ring (bicyclic) bond motifs is 1. The average molecular weight is 373 g/mol. The summed E-state index contributed by atoms with van der Waals surface area (Å²) in [4.78, 5) is 0. The summed E-state index contributed by atoms with van der Waals surface area (Å²) in [5, 5.41) is 10.5. The van der Waals surface area contributed by atoms with Gasteiger partial charge in [0.15, 0.2) is 0 Å². The number of benzene rings is 3. The van der Waals surface area contributed by atoms with Crippen molar-refractivity contribution in [3.63, 3.8) is 0 Å². The summed E-state index contributed by atoms with van der Waals surface area (Å²) in [6, 6.07) is 23.7. The number of aryl methyl sites for hydroxylation is 1. The molecule has 0 unspecified atom stereocenters. The lowest BCUT2D eigenvalue weighted by molar-refractivity contribution is 0.483. The van der Waals surface area contributed by atoms with E-state index in [-0.39, 0.29) is 0 Å². The Morgan fingerprint density at radius 1 is 1.00 bits per heavy atom. The molecule has 0 saturated heterocycles. The standard InChI is InChI=1S/C23H17ClN2O/c1-16-2-4-17(5-3-16)15-26-11-10-19-13-20(7-8-22(19)26)27-23-9-6-18(14-25)12-21(23)24/h2-13H,15H2,1H3. The average Bonchev–Trinajstić information content (AvgIpc) is 3.07. The third-order valence-electron chi connectivity index (χ3n) is 4.50. The predicted octanol–water partition coefficient (Wildman–Crippen LogP) is 6.32. The molecule has 0 radical (unpaired) electrons. The number of aromatic nitrogens is 1. The Kier molecular flexibility index (Phi) is 4.58. The molecule has 0 atom stereocenters. The van der Waals surface area contributed by atoms with Crippen LogP contribution < -0.4 is 4.74 Å². The number of nitriles is 1. The molecule has 0 N–H and O–H groups in total. The molecular formula is C23H17ClN2O. The largest absolute Gasteiger partial charge is 0.456 e. The molecule has 4 rings (SSSR count). The quantitative estimate of drug-likeness (QED) is 0.420. The molecule has 1 aromatic heterocycles. The lowest BCUT2D eigenvalue weighted by Gasteiger charge is -2.09. The van der Waals surface area contributed by atoms with Gasteiger partial charge in [0.05, 0.1) is 16.7 Å². The molecule has 132 valence electrons. The topological polar surface area (TPSA) is 38.0 Å². The van der Waals surface area contributed by atoms with Gasteiger partial charge in [-0.1, -0.05) is 41.4 Å². The number of hydrogen-bond donors (Lipinski definition) is 0. The van der Waals surface area contributed by atoms with E-state index in [2.05, 4.69) is 60.2 Å². The minimum absolute atomic E-state index is 0.422. The third kappa shape index (κ3) is 3.67. The van der Waals surface area contributed by atoms with Gasteiger partial charge in [0.2, 0.25) is 0 Å². The Morgan fingerprint density at radius 3 is 2.56 bits per heavy atom. The highest BCUT2D eigenvalue weighted by Crippen LogP contribution is 2.32. The van der Waals surface area contributed by atoms with Gasteiger partial charge in [-0.2, -0.15) is 5.26 Å². The van der Waals surface area contributed by atoms with E-state index in [1.54, 1.807) is 18.2 Å². The summed E-state index contributed by atoms with van der Waals surface area (Å²) in [5.41, 5.74) is 4.19. The van der Waals surface area contributed by atoms with Gasteiger partial charge >= 0.3 is 0 Å². The first-order valence-electron chi connectivity index (χ1n) is 8.64. The van der Waals surface area contributed by atoms with Gasteiger partial charge in [-0.3, -0.25) is 0 Å². The first kappa shape index (κ1) is 17.2. The second kappa shape index (κ2) is 7.19. The van der Waals surface area contributed by atoms with Crippen molar-refractivity contribution in [3.05, 3.63) is 94.6 Å². The van der Waals surface area contributed by atoms with E-state index in [0.29, 0.717) is 22.1 Å². The van der Waals surface area contributed by atoms with E-state index >= 15 is 0 Å². The fourth-order valence-corrected chi connectivity index (χ4v) is 3.27. The second-order valence-electron chi connectivity index (χ2n) is 6.51. The van der Waals surface area contributed by atoms with Crippen LogP contribution in [0.3, 0.4) is 0 Å². The normalized spacial score (nSPS) is 10.7. The number of hydrogen-bond acceptors (Lipinski definition) is 2. The highest BCUT2D eigenvalue weighted by Gasteiger charge is 2.07. The van der Waals surface area contributed by atoms with Gasteiger partial charge in [-0.15, -0.1) is 0 Å². The number of ether oxygens (including phenoxy) is 1. The molecule has 0 aliphatic heterocycles. The van der Waals surface area contributed by atoms with Crippen LogP contribution in [0.25, 0.3) is 10.9 Å². The van der Waals surface area contributed by atoms with Crippen molar-refractivity contribution in [1.82, 2.24) is 4.57 Å². The van der Waals surface area contributed by atoms with Crippen LogP contribution in [-0.2, 0) is 6.54 Å². The van der Waals surface area contributed by atoms with Gasteiger partial charge in [0.1, 0.15) is 11.5 Å². The molecule has 1 heterocycles. The van der Waals surface area contributed by atoms with Crippen LogP contribution >= 0.6 is 11.6 Å². The number of halogens is 1. The van der Waals surface area contributed by atoms with Crippen LogP contribution in [0, 0.1) is 18.3 Å². The minimum Gasteiger partial charge on any atom is -0.456 e. The molecule has 0 spiro atoms. The third-order valence-corrected chi connectivity index (χ3v) is 4.80. The number of nitrogens with zero attached hydrogens (tertiary/aromatic N) is 2. The molecule has 3 aromatic carbocycles. The highest BCUT2D eigenvalue weighted by molar-refractivity contribution is 6.32. The van der Waals surface area contributed by atoms with Crippen molar-refractivity contribution >= 4 is 22.5 Å². The molecule has 0 aliphatic rings. The molecule has 4 heteroatoms. The van der Waals surface area contributed by atoms with Crippen LogP contribution in [-0.4, -0.2) is 4.57 Å². The molecule has 0 aliphatic carbocycles. The summed E-state index contributed by atoms with van der Waals surface area (Å²) in [6.07, 6.45) is 2.09. The van der Waals surface area contributed by atoms with Crippen molar-refractivity contribution < 1.29 is 4.74 Å². The Balaban J connectivity index is 1.58. The molecule has 0 fully saturated rings. The van der Waals surface area contributed by atoms with Gasteiger partial charge in [-0.05, 0) is 55.0 Å². The molecule has 4 aromatic rings. The fourth-order valence-electron chi connectivity index (χ4n) is 3.05. The van der Waals surface area contributed by atoms with Gasteiger partial charge < -0.3 is 9.30 Å². The molecule has 0 bridgehead atoms. The van der Waals surface area contributed by atoms with Crippen LogP contribution in [0.1, 0.15) is 16.7 Å². The summed E-state index contributed by atoms with van der Waals surface area (Å²) < 4.78 is 8.13. The van der Waals surface area contributed by atoms with Crippen molar-refractivity contribution in [2.75, 3.05) is 0 Å². The first-order valence-corrected chi connectivity index (χ1v) is 9.02. The van der Waals surface area contributed by atoms with E-state index in [9.17, 15) is 0 Å². The van der Waals surface area contributed by atoms with Gasteiger partial charge in [0, 0.05) is 23.6 Å². The minimum atomic E-state index is 0.422. The maximum atomic E-state index is 8.93. The second-order valence-corrected chi connectivity index (χ2v) is 6.92. The summed E-state index contributed by atoms with van der Waals surface area (Å²) in [7, 11) is 0. The zero-order valence-electron chi connectivity index (χ0n) is 14.8. The van der Waals surface area contributed by atoms with E-state index in [1.807, 2.05) is 12.1 Å². The van der Waals surface area contributed by atoms with Crippen molar-refractivity contribution in [3.8, 4) is 17.6 Å². The van der Waals surface area contributed by atoms with Crippen LogP contribution in [0.5, 0.6) is 11.5 Å². The first-order chi connectivity index (χ1) is 13.1. The van der Waals surface area contributed by atoms with E-state index in [0.717, 1.165) is 17.4 Å². The molecular weight excluding hydrogens is 356 g/mol. The Bertz CT molecular complexity index is 1150. The monoisotopic (exact) mass is 372 g/mol. The van der Waals surface area contributed by atoms with Crippen LogP contribution in [0.4, 0.5) is 0 Å². The lowest BCUT2D eigenvalue weighted by Crippen LogP contribution is -1.97. The van der Waals surface area contributed by atoms with E-state index < -0.39 is 0 Å². The SMILES string of the molecule is Cc1ccc(Cn2ccc3cc(Oc4ccc(C#N)cc4Cl)ccc32)cc1. The fraction of sp³-hybridized carbons (Fsp3) is 0.0870. The van der Waals surface area contributed by atoms with Crippen LogP contribution in [0.15, 0.2) is 72.9 Å². The van der Waals surface area contributed by atoms with Crippen molar-refractivity contribution in [1.29, 1.82) is 5.26 Å². The van der Waals surface area contributed by atoms with Crippen molar-refractivity contribution in [2.24, 2.45) is 0 Å². The smallest absolute Gasteiger partial charge is 0.146 e. The molecule has 0 amide bonds. The Hall–Kier alpha value is -3.22. The number of rotatable bonds is 4. The van der Waals surface area contributed by atoms with Crippen molar-refractivity contribution in [2.45, 2.75) is 13.5 Å². The summed E-state index contributed by atoms with van der Waals surface area (Å²) in [5.74, 6) is 1.25. The zero-order valence-corrected chi connectivity index (χ0v) is 15.6. The maximum absolute atomic E-state index is 8.93. The highest BCUT2D eigenvalue weighted by atomic mass is 35.5. The Labute approximate surface area is 163 Å². The van der Waals surface area contributed by atoms with E-state index in [1.165, 1.54) is 11.1 Å². The lowest BCUT2D eigenvalue weighted by atomic mass is 10.1. The summed E-state index contributed by atoms with van der Waals surface area (Å²) >= 11 is 6.20. The predicted molar refractivity (Wildman–Crippen MR) is 108 cm³/mol. The maximum Gasteiger partial charge on any atom is 0.146 e. The molecule has 3 nitrogen and oxygen atoms in total. The zero-order chi connectivity index (χ0) is 18.8. The molecule has 0 saturated carbocycles. The van der Waals surface area contributed by atoms with E-state index in [4.69, 9.17) is 21.6 Å². The van der Waals surface area contributed by atoms with Crippen LogP contribution in [0.2, 0.25) is 5.02 Å². The molecule has 27 heavy (non-hydrogen) atoms. The van der Waals surface area contributed by atoms with Gasteiger partial charge in [0.25, 0.3) is 0 Å². The summed E-state index contributed by atoms with van der Waals surface area (Å²) in [6.45, 7) is 2.92. The Morgan fingerprint density at radius 2 is 1.81 bits per heavy atom. The van der Waals surface area contributed by atoms with Gasteiger partial charge in [-0.25, -0.2) is 0 Å².